The summed E-state index contributed by atoms with van der Waals surface area (Å²) in [4.78, 5) is 3.25. The van der Waals surface area contributed by atoms with E-state index in [-0.39, 0.29) is 0 Å². The van der Waals surface area contributed by atoms with Crippen molar-refractivity contribution in [2.45, 2.75) is 11.8 Å². The second-order valence-electron chi connectivity index (χ2n) is 2.42. The second kappa shape index (κ2) is 4.00. The molecular weight excluding hydrogens is 190 g/mol. The zero-order valence-electron chi connectivity index (χ0n) is 7.50. The van der Waals surface area contributed by atoms with Crippen LogP contribution in [0.1, 0.15) is 6.92 Å². The highest BCUT2D eigenvalue weighted by molar-refractivity contribution is 7.99. The van der Waals surface area contributed by atoms with Crippen LogP contribution < -0.4 is 10.6 Å². The van der Waals surface area contributed by atoms with Crippen molar-refractivity contribution in [2.24, 2.45) is 0 Å². The molecule has 0 saturated carbocycles. The Morgan fingerprint density at radius 3 is 2.83 bits per heavy atom. The van der Waals surface area contributed by atoms with Crippen LogP contribution in [0.25, 0.3) is 0 Å². The Balaban J connectivity index is 2.98. The molecule has 0 aliphatic carbocycles. The first kappa shape index (κ1) is 9.67. The summed E-state index contributed by atoms with van der Waals surface area (Å²) in [6, 6.07) is 0. The molecule has 1 aromatic heterocycles. The third-order valence-corrected chi connectivity index (χ3v) is 3.60. The molecule has 0 radical (unpaired) electrons. The minimum atomic E-state index is 0.655. The molecule has 0 amide bonds. The van der Waals surface area contributed by atoms with Crippen molar-refractivity contribution in [3.63, 3.8) is 0 Å². The van der Waals surface area contributed by atoms with Crippen molar-refractivity contribution in [3.05, 3.63) is 0 Å². The molecule has 3 nitrogen and oxygen atoms in total. The van der Waals surface area contributed by atoms with E-state index in [0.717, 1.165) is 11.4 Å². The van der Waals surface area contributed by atoms with Gasteiger partial charge in [0.05, 0.1) is 4.90 Å². The van der Waals surface area contributed by atoms with Crippen LogP contribution >= 0.6 is 23.3 Å². The number of nitrogens with zero attached hydrogens (tertiary/aromatic N) is 2. The summed E-state index contributed by atoms with van der Waals surface area (Å²) in [6.45, 7) is 3.09. The van der Waals surface area contributed by atoms with Crippen LogP contribution in [0.15, 0.2) is 4.90 Å². The van der Waals surface area contributed by atoms with E-state index < -0.39 is 0 Å². The Bertz CT molecular complexity index is 259. The van der Waals surface area contributed by atoms with Crippen LogP contribution in [0, 0.1) is 0 Å². The van der Waals surface area contributed by atoms with Crippen molar-refractivity contribution >= 4 is 34.1 Å². The molecule has 0 spiro atoms. The number of rotatable bonds is 3. The van der Waals surface area contributed by atoms with Gasteiger partial charge in [-0.3, -0.25) is 0 Å². The lowest BCUT2D eigenvalue weighted by molar-refractivity contribution is 0.970. The van der Waals surface area contributed by atoms with Crippen LogP contribution in [0.2, 0.25) is 0 Å². The average molecular weight is 203 g/mol. The number of hydrogen-bond donors (Lipinski definition) is 1. The highest BCUT2D eigenvalue weighted by Crippen LogP contribution is 2.36. The summed E-state index contributed by atoms with van der Waals surface area (Å²) in [5.74, 6) is 0.655. The molecule has 0 unspecified atom stereocenters. The molecule has 0 fully saturated rings. The maximum Gasteiger partial charge on any atom is 0.153 e. The van der Waals surface area contributed by atoms with Crippen LogP contribution in [0.4, 0.5) is 10.8 Å². The molecular formula is C7H13N3S2. The van der Waals surface area contributed by atoms with E-state index in [0.29, 0.717) is 5.82 Å². The molecule has 0 aliphatic rings. The number of nitrogen functional groups attached to an aromatic ring is 1. The van der Waals surface area contributed by atoms with E-state index in [1.54, 1.807) is 11.8 Å². The zero-order valence-corrected chi connectivity index (χ0v) is 9.13. The van der Waals surface area contributed by atoms with Gasteiger partial charge < -0.3 is 10.6 Å². The Labute approximate surface area is 81.1 Å². The Kier molecular flexibility index (Phi) is 3.22. The fraction of sp³-hybridized carbons (Fsp3) is 0.571. The van der Waals surface area contributed by atoms with Gasteiger partial charge >= 0.3 is 0 Å². The summed E-state index contributed by atoms with van der Waals surface area (Å²) in [5, 5.41) is 1.17. The van der Waals surface area contributed by atoms with Crippen molar-refractivity contribution in [3.8, 4) is 0 Å². The Morgan fingerprint density at radius 1 is 1.67 bits per heavy atom. The van der Waals surface area contributed by atoms with Gasteiger partial charge in [0.2, 0.25) is 0 Å². The minimum Gasteiger partial charge on any atom is -0.382 e. The Hall–Kier alpha value is -0.420. The molecule has 5 heteroatoms. The van der Waals surface area contributed by atoms with E-state index in [9.17, 15) is 0 Å². The van der Waals surface area contributed by atoms with Crippen LogP contribution in [-0.2, 0) is 0 Å². The SMILES string of the molecule is CCN(C)c1snc(N)c1SC. The fourth-order valence-electron chi connectivity index (χ4n) is 0.863. The molecule has 0 bridgehead atoms. The van der Waals surface area contributed by atoms with Crippen LogP contribution in [0.5, 0.6) is 0 Å². The molecule has 1 rings (SSSR count). The number of nitrogens with two attached hydrogens (primary N) is 1. The van der Waals surface area contributed by atoms with Crippen molar-refractivity contribution in [2.75, 3.05) is 30.5 Å². The van der Waals surface area contributed by atoms with E-state index in [1.165, 1.54) is 16.5 Å². The van der Waals surface area contributed by atoms with E-state index in [2.05, 4.69) is 16.2 Å². The standard InChI is InChI=1S/C7H13N3S2/c1-4-10(2)7-5(11-3)6(8)9-12-7/h4H2,1-3H3,(H2,8,9). The predicted molar refractivity (Wildman–Crippen MR) is 57.3 cm³/mol. The number of thioether (sulfide) groups is 1. The summed E-state index contributed by atoms with van der Waals surface area (Å²) >= 11 is 3.12. The van der Waals surface area contributed by atoms with E-state index >= 15 is 0 Å². The Morgan fingerprint density at radius 2 is 2.33 bits per heavy atom. The number of anilines is 2. The lowest BCUT2D eigenvalue weighted by atomic mass is 10.5. The largest absolute Gasteiger partial charge is 0.382 e. The van der Waals surface area contributed by atoms with Gasteiger partial charge in [0.15, 0.2) is 5.82 Å². The van der Waals surface area contributed by atoms with Crippen molar-refractivity contribution in [1.29, 1.82) is 0 Å². The molecule has 12 heavy (non-hydrogen) atoms. The van der Waals surface area contributed by atoms with Gasteiger partial charge in [-0.05, 0) is 24.7 Å². The van der Waals surface area contributed by atoms with Gasteiger partial charge in [-0.15, -0.1) is 11.8 Å². The average Bonchev–Trinajstić information content (AvgIpc) is 2.45. The van der Waals surface area contributed by atoms with Gasteiger partial charge in [-0.2, -0.15) is 4.37 Å². The van der Waals surface area contributed by atoms with Crippen molar-refractivity contribution in [1.82, 2.24) is 4.37 Å². The molecule has 0 saturated heterocycles. The molecule has 0 atom stereocenters. The van der Waals surface area contributed by atoms with Gasteiger partial charge in [0.25, 0.3) is 0 Å². The first-order valence-corrected chi connectivity index (χ1v) is 5.70. The maximum absolute atomic E-state index is 5.70. The van der Waals surface area contributed by atoms with Crippen molar-refractivity contribution < 1.29 is 0 Å². The molecule has 0 aromatic carbocycles. The van der Waals surface area contributed by atoms with Crippen LogP contribution in [0.3, 0.4) is 0 Å². The fourth-order valence-corrected chi connectivity index (χ4v) is 2.60. The topological polar surface area (TPSA) is 42.2 Å². The van der Waals surface area contributed by atoms with Gasteiger partial charge in [-0.1, -0.05) is 0 Å². The third kappa shape index (κ3) is 1.67. The summed E-state index contributed by atoms with van der Waals surface area (Å²) < 4.78 is 4.11. The zero-order chi connectivity index (χ0) is 9.14. The first-order valence-electron chi connectivity index (χ1n) is 3.71. The summed E-state index contributed by atoms with van der Waals surface area (Å²) in [5.41, 5.74) is 5.70. The third-order valence-electron chi connectivity index (χ3n) is 1.68. The van der Waals surface area contributed by atoms with E-state index in [1.807, 2.05) is 13.3 Å². The minimum absolute atomic E-state index is 0.655. The molecule has 1 aromatic rings. The monoisotopic (exact) mass is 203 g/mol. The maximum atomic E-state index is 5.70. The predicted octanol–water partition coefficient (Wildman–Crippen LogP) is 1.90. The molecule has 0 aliphatic heterocycles. The van der Waals surface area contributed by atoms with Crippen LogP contribution in [-0.4, -0.2) is 24.2 Å². The normalized spacial score (nSPS) is 10.2. The highest BCUT2D eigenvalue weighted by atomic mass is 32.2. The van der Waals surface area contributed by atoms with Gasteiger partial charge in [-0.25, -0.2) is 0 Å². The first-order chi connectivity index (χ1) is 5.70. The molecule has 2 N–H and O–H groups in total. The number of hydrogen-bond acceptors (Lipinski definition) is 5. The van der Waals surface area contributed by atoms with E-state index in [4.69, 9.17) is 5.73 Å². The summed E-state index contributed by atoms with van der Waals surface area (Å²) in [6.07, 6.45) is 2.02. The summed E-state index contributed by atoms with van der Waals surface area (Å²) in [7, 11) is 2.05. The number of aromatic nitrogens is 1. The highest BCUT2D eigenvalue weighted by Gasteiger charge is 2.12. The lowest BCUT2D eigenvalue weighted by Gasteiger charge is -2.14. The second-order valence-corrected chi connectivity index (χ2v) is 3.99. The lowest BCUT2D eigenvalue weighted by Crippen LogP contribution is -2.14. The van der Waals surface area contributed by atoms with Gasteiger partial charge in [0, 0.05) is 13.6 Å². The smallest absolute Gasteiger partial charge is 0.153 e. The molecule has 1 heterocycles. The quantitative estimate of drug-likeness (QED) is 0.762. The molecule has 68 valence electrons. The van der Waals surface area contributed by atoms with Gasteiger partial charge in [0.1, 0.15) is 5.00 Å².